The van der Waals surface area contributed by atoms with Gasteiger partial charge in [0, 0.05) is 24.5 Å². The van der Waals surface area contributed by atoms with Crippen LogP contribution in [0.1, 0.15) is 72.6 Å². The molecule has 1 aliphatic heterocycles. The fourth-order valence-corrected chi connectivity index (χ4v) is 4.21. The summed E-state index contributed by atoms with van der Waals surface area (Å²) in [5.41, 5.74) is 0. The number of rotatable bonds is 2. The summed E-state index contributed by atoms with van der Waals surface area (Å²) in [6, 6.07) is 1.02. The van der Waals surface area contributed by atoms with E-state index in [-0.39, 0.29) is 0 Å². The summed E-state index contributed by atoms with van der Waals surface area (Å²) in [6.07, 6.45) is 9.85. The zero-order valence-electron chi connectivity index (χ0n) is 14.9. The third-order valence-corrected chi connectivity index (χ3v) is 5.44. The van der Waals surface area contributed by atoms with Gasteiger partial charge in [-0.05, 0) is 46.5 Å². The van der Waals surface area contributed by atoms with Gasteiger partial charge in [-0.2, -0.15) is 0 Å². The Hall–Kier alpha value is -0.465. The van der Waals surface area contributed by atoms with Gasteiger partial charge in [-0.1, -0.05) is 37.9 Å². The van der Waals surface area contributed by atoms with Crippen LogP contribution in [0.25, 0.3) is 0 Å². The van der Waals surface area contributed by atoms with Gasteiger partial charge in [-0.25, -0.2) is 0 Å². The summed E-state index contributed by atoms with van der Waals surface area (Å²) < 4.78 is 0. The van der Waals surface area contributed by atoms with Crippen LogP contribution < -0.4 is 0 Å². The first-order valence-corrected chi connectivity index (χ1v) is 9.33. The molecule has 21 heavy (non-hydrogen) atoms. The zero-order chi connectivity index (χ0) is 15.4. The molecule has 3 heteroatoms. The smallest absolute Gasteiger partial charge is 0.105 e. The topological polar surface area (TPSA) is 15.6 Å². The van der Waals surface area contributed by atoms with Crippen molar-refractivity contribution in [2.24, 2.45) is 16.8 Å². The van der Waals surface area contributed by atoms with Gasteiger partial charge in [0.2, 0.25) is 0 Å². The highest BCUT2D eigenvalue weighted by molar-refractivity contribution is 6.11. The standard InChI is InChI=1S/C18H35BN2/c1-13(2)20-18-17-8-6-5-7-16(19)10-9-15(17)11-12-21(18)14(3)4/h13-17H,5-12,19H2,1-4H3/b20-18-. The number of nitrogens with zero attached hydrogens (tertiary/aromatic N) is 2. The Morgan fingerprint density at radius 2 is 1.71 bits per heavy atom. The number of hydrogen-bond acceptors (Lipinski definition) is 1. The van der Waals surface area contributed by atoms with E-state index in [0.717, 1.165) is 17.7 Å². The minimum Gasteiger partial charge on any atom is -0.358 e. The molecule has 1 saturated heterocycles. The summed E-state index contributed by atoms with van der Waals surface area (Å²) in [5, 5.41) is 0. The third-order valence-electron chi connectivity index (χ3n) is 5.44. The van der Waals surface area contributed by atoms with Crippen LogP contribution in [-0.2, 0) is 0 Å². The van der Waals surface area contributed by atoms with Gasteiger partial charge >= 0.3 is 0 Å². The first-order valence-electron chi connectivity index (χ1n) is 9.33. The SMILES string of the molecule is BC1CCCCC2/C(=N/C(C)C)N(C(C)C)CCC2CC1. The monoisotopic (exact) mass is 290 g/mol. The summed E-state index contributed by atoms with van der Waals surface area (Å²) in [5.74, 6) is 4.00. The van der Waals surface area contributed by atoms with Crippen LogP contribution in [0.15, 0.2) is 4.99 Å². The van der Waals surface area contributed by atoms with Crippen molar-refractivity contribution in [1.29, 1.82) is 0 Å². The molecule has 0 aromatic carbocycles. The average molecular weight is 290 g/mol. The molecule has 120 valence electrons. The van der Waals surface area contributed by atoms with Crippen LogP contribution in [0.3, 0.4) is 0 Å². The van der Waals surface area contributed by atoms with E-state index in [0.29, 0.717) is 12.1 Å². The van der Waals surface area contributed by atoms with E-state index in [2.05, 4.69) is 40.4 Å². The Balaban J connectivity index is 2.21. The molecule has 1 saturated carbocycles. The number of hydrogen-bond donors (Lipinski definition) is 0. The lowest BCUT2D eigenvalue weighted by Crippen LogP contribution is -2.49. The lowest BCUT2D eigenvalue weighted by molar-refractivity contribution is 0.207. The van der Waals surface area contributed by atoms with Gasteiger partial charge in [0.15, 0.2) is 0 Å². The highest BCUT2D eigenvalue weighted by Crippen LogP contribution is 2.37. The number of piperidine rings is 1. The molecule has 0 aromatic heterocycles. The zero-order valence-corrected chi connectivity index (χ0v) is 14.9. The quantitative estimate of drug-likeness (QED) is 0.704. The Bertz CT molecular complexity index is 351. The predicted octanol–water partition coefficient (Wildman–Crippen LogP) is 3.92. The molecule has 0 aromatic rings. The van der Waals surface area contributed by atoms with Gasteiger partial charge < -0.3 is 4.90 Å². The summed E-state index contributed by atoms with van der Waals surface area (Å²) >= 11 is 0. The Kier molecular flexibility index (Phi) is 6.19. The molecule has 0 spiro atoms. The molecule has 0 N–H and O–H groups in total. The normalized spacial score (nSPS) is 33.7. The molecule has 2 aliphatic rings. The van der Waals surface area contributed by atoms with Crippen LogP contribution in [0.5, 0.6) is 0 Å². The molecule has 3 atom stereocenters. The van der Waals surface area contributed by atoms with E-state index in [9.17, 15) is 0 Å². The maximum atomic E-state index is 5.09. The van der Waals surface area contributed by atoms with Crippen LogP contribution in [-0.4, -0.2) is 37.2 Å². The number of aliphatic imine (C=N–C) groups is 1. The fourth-order valence-electron chi connectivity index (χ4n) is 4.21. The lowest BCUT2D eigenvalue weighted by atomic mass is 9.75. The second kappa shape index (κ2) is 7.69. The second-order valence-corrected chi connectivity index (χ2v) is 7.99. The van der Waals surface area contributed by atoms with Crippen molar-refractivity contribution in [3.8, 4) is 0 Å². The van der Waals surface area contributed by atoms with E-state index < -0.39 is 0 Å². The Labute approximate surface area is 133 Å². The predicted molar refractivity (Wildman–Crippen MR) is 96.0 cm³/mol. The molecule has 0 bridgehead atoms. The van der Waals surface area contributed by atoms with E-state index in [4.69, 9.17) is 4.99 Å². The second-order valence-electron chi connectivity index (χ2n) is 7.99. The van der Waals surface area contributed by atoms with Crippen molar-refractivity contribution >= 4 is 13.7 Å². The van der Waals surface area contributed by atoms with Gasteiger partial charge in [0.25, 0.3) is 0 Å². The highest BCUT2D eigenvalue weighted by atomic mass is 15.2. The van der Waals surface area contributed by atoms with Crippen LogP contribution >= 0.6 is 0 Å². The molecule has 2 rings (SSSR count). The van der Waals surface area contributed by atoms with Crippen LogP contribution in [0.2, 0.25) is 5.82 Å². The number of fused-ring (bicyclic) bond motifs is 1. The number of likely N-dealkylation sites (tertiary alicyclic amines) is 1. The van der Waals surface area contributed by atoms with Gasteiger partial charge in [0.05, 0.1) is 0 Å². The minimum atomic E-state index is 0.423. The van der Waals surface area contributed by atoms with Crippen molar-refractivity contribution in [3.05, 3.63) is 0 Å². The Morgan fingerprint density at radius 3 is 2.38 bits per heavy atom. The van der Waals surface area contributed by atoms with Crippen molar-refractivity contribution in [3.63, 3.8) is 0 Å². The van der Waals surface area contributed by atoms with Crippen molar-refractivity contribution in [1.82, 2.24) is 4.90 Å². The third kappa shape index (κ3) is 4.50. The molecule has 2 fully saturated rings. The van der Waals surface area contributed by atoms with E-state index >= 15 is 0 Å². The van der Waals surface area contributed by atoms with Crippen molar-refractivity contribution in [2.45, 2.75) is 90.5 Å². The molecule has 1 heterocycles. The molecule has 0 radical (unpaired) electrons. The van der Waals surface area contributed by atoms with Gasteiger partial charge in [0.1, 0.15) is 13.7 Å². The molecule has 2 nitrogen and oxygen atoms in total. The van der Waals surface area contributed by atoms with Gasteiger partial charge in [-0.3, -0.25) is 4.99 Å². The minimum absolute atomic E-state index is 0.423. The summed E-state index contributed by atoms with van der Waals surface area (Å²) in [6.45, 7) is 10.3. The summed E-state index contributed by atoms with van der Waals surface area (Å²) in [7, 11) is 2.45. The van der Waals surface area contributed by atoms with Gasteiger partial charge in [-0.15, -0.1) is 0 Å². The molecular formula is C18H35BN2. The lowest BCUT2D eigenvalue weighted by Gasteiger charge is -2.43. The van der Waals surface area contributed by atoms with Crippen molar-refractivity contribution in [2.75, 3.05) is 6.54 Å². The van der Waals surface area contributed by atoms with Crippen LogP contribution in [0.4, 0.5) is 0 Å². The van der Waals surface area contributed by atoms with E-state index in [1.807, 2.05) is 0 Å². The first kappa shape index (κ1) is 16.9. The first-order chi connectivity index (χ1) is 9.99. The molecule has 1 aliphatic carbocycles. The molecule has 3 unspecified atom stereocenters. The maximum absolute atomic E-state index is 5.09. The maximum Gasteiger partial charge on any atom is 0.105 e. The molecular weight excluding hydrogens is 255 g/mol. The van der Waals surface area contributed by atoms with E-state index in [1.165, 1.54) is 57.3 Å². The van der Waals surface area contributed by atoms with E-state index in [1.54, 1.807) is 0 Å². The summed E-state index contributed by atoms with van der Waals surface area (Å²) in [4.78, 5) is 7.69. The van der Waals surface area contributed by atoms with Crippen LogP contribution in [0, 0.1) is 11.8 Å². The Morgan fingerprint density at radius 1 is 1.00 bits per heavy atom. The van der Waals surface area contributed by atoms with Crippen molar-refractivity contribution < 1.29 is 0 Å². The number of amidine groups is 1. The highest BCUT2D eigenvalue weighted by Gasteiger charge is 2.35. The largest absolute Gasteiger partial charge is 0.358 e. The average Bonchev–Trinajstić information content (AvgIpc) is 2.49. The fraction of sp³-hybridized carbons (Fsp3) is 0.944. The molecule has 0 amide bonds.